The first-order chi connectivity index (χ1) is 7.86. The van der Waals surface area contributed by atoms with Crippen molar-refractivity contribution < 1.29 is 4.74 Å². The van der Waals surface area contributed by atoms with Gasteiger partial charge < -0.3 is 15.4 Å². The molecular formula is C12H21N3O. The van der Waals surface area contributed by atoms with E-state index in [1.54, 1.807) is 0 Å². The lowest BCUT2D eigenvalue weighted by atomic mass is 10.4. The van der Waals surface area contributed by atoms with Gasteiger partial charge in [-0.25, -0.2) is 4.98 Å². The number of ether oxygens (including phenoxy) is 1. The second-order valence-electron chi connectivity index (χ2n) is 3.55. The highest BCUT2D eigenvalue weighted by atomic mass is 16.5. The van der Waals surface area contributed by atoms with Crippen molar-refractivity contribution in [2.75, 3.05) is 37.4 Å². The fourth-order valence-electron chi connectivity index (χ4n) is 1.31. The SMILES string of the molecule is CCCOCCCNc1cccc(NC)n1. The van der Waals surface area contributed by atoms with Gasteiger partial charge in [0.25, 0.3) is 0 Å². The smallest absolute Gasteiger partial charge is 0.128 e. The molecule has 0 aliphatic heterocycles. The summed E-state index contributed by atoms with van der Waals surface area (Å²) in [5.41, 5.74) is 0. The molecule has 0 spiro atoms. The lowest BCUT2D eigenvalue weighted by Gasteiger charge is -2.07. The number of rotatable bonds is 8. The molecule has 0 fully saturated rings. The van der Waals surface area contributed by atoms with E-state index in [1.165, 1.54) is 0 Å². The molecule has 0 saturated heterocycles. The Bertz CT molecular complexity index is 291. The van der Waals surface area contributed by atoms with E-state index in [0.717, 1.165) is 44.2 Å². The lowest BCUT2D eigenvalue weighted by molar-refractivity contribution is 0.134. The van der Waals surface area contributed by atoms with Crippen molar-refractivity contribution in [3.05, 3.63) is 18.2 Å². The molecule has 0 aromatic carbocycles. The van der Waals surface area contributed by atoms with Gasteiger partial charge in [0.1, 0.15) is 11.6 Å². The van der Waals surface area contributed by atoms with Crippen LogP contribution in [0.3, 0.4) is 0 Å². The van der Waals surface area contributed by atoms with Crippen molar-refractivity contribution in [3.63, 3.8) is 0 Å². The van der Waals surface area contributed by atoms with E-state index in [1.807, 2.05) is 25.2 Å². The molecule has 0 bridgehead atoms. The zero-order chi connectivity index (χ0) is 11.6. The highest BCUT2D eigenvalue weighted by molar-refractivity contribution is 5.44. The number of aromatic nitrogens is 1. The van der Waals surface area contributed by atoms with E-state index < -0.39 is 0 Å². The third-order valence-corrected chi connectivity index (χ3v) is 2.13. The van der Waals surface area contributed by atoms with Crippen LogP contribution in [0.25, 0.3) is 0 Å². The molecule has 0 unspecified atom stereocenters. The molecular weight excluding hydrogens is 202 g/mol. The second kappa shape index (κ2) is 7.93. The zero-order valence-electron chi connectivity index (χ0n) is 10.1. The molecule has 0 saturated carbocycles. The number of pyridine rings is 1. The van der Waals surface area contributed by atoms with Crippen LogP contribution < -0.4 is 10.6 Å². The highest BCUT2D eigenvalue weighted by Crippen LogP contribution is 2.07. The normalized spacial score (nSPS) is 10.1. The van der Waals surface area contributed by atoms with Gasteiger partial charge in [0, 0.05) is 26.8 Å². The average Bonchev–Trinajstić information content (AvgIpc) is 2.34. The third-order valence-electron chi connectivity index (χ3n) is 2.13. The van der Waals surface area contributed by atoms with E-state index >= 15 is 0 Å². The number of hydrogen-bond acceptors (Lipinski definition) is 4. The molecule has 90 valence electrons. The molecule has 1 heterocycles. The molecule has 4 heteroatoms. The monoisotopic (exact) mass is 223 g/mol. The number of nitrogens with one attached hydrogen (secondary N) is 2. The minimum Gasteiger partial charge on any atom is -0.381 e. The highest BCUT2D eigenvalue weighted by Gasteiger charge is 1.94. The number of hydrogen-bond donors (Lipinski definition) is 2. The molecule has 2 N–H and O–H groups in total. The number of nitrogens with zero attached hydrogens (tertiary/aromatic N) is 1. The molecule has 4 nitrogen and oxygen atoms in total. The zero-order valence-corrected chi connectivity index (χ0v) is 10.1. The van der Waals surface area contributed by atoms with Gasteiger partial charge in [0.2, 0.25) is 0 Å². The minimum atomic E-state index is 0.812. The maximum absolute atomic E-state index is 5.39. The molecule has 1 rings (SSSR count). The summed E-state index contributed by atoms with van der Waals surface area (Å²) < 4.78 is 5.39. The quantitative estimate of drug-likeness (QED) is 0.664. The summed E-state index contributed by atoms with van der Waals surface area (Å²) in [6.45, 7) is 4.68. The maximum atomic E-state index is 5.39. The van der Waals surface area contributed by atoms with Gasteiger partial charge in [0.15, 0.2) is 0 Å². The van der Waals surface area contributed by atoms with Crippen molar-refractivity contribution >= 4 is 11.6 Å². The molecule has 1 aromatic rings. The Kier molecular flexibility index (Phi) is 6.33. The first-order valence-corrected chi connectivity index (χ1v) is 5.83. The van der Waals surface area contributed by atoms with Crippen molar-refractivity contribution in [3.8, 4) is 0 Å². The van der Waals surface area contributed by atoms with Crippen LogP contribution in [0, 0.1) is 0 Å². The first kappa shape index (κ1) is 12.8. The molecule has 0 atom stereocenters. The summed E-state index contributed by atoms with van der Waals surface area (Å²) >= 11 is 0. The Morgan fingerprint density at radius 2 is 2.06 bits per heavy atom. The van der Waals surface area contributed by atoms with Gasteiger partial charge >= 0.3 is 0 Å². The summed E-state index contributed by atoms with van der Waals surface area (Å²) in [5, 5.41) is 6.28. The van der Waals surface area contributed by atoms with E-state index in [4.69, 9.17) is 4.74 Å². The first-order valence-electron chi connectivity index (χ1n) is 5.83. The van der Waals surface area contributed by atoms with Gasteiger partial charge in [-0.15, -0.1) is 0 Å². The summed E-state index contributed by atoms with van der Waals surface area (Å²) in [5.74, 6) is 1.79. The summed E-state index contributed by atoms with van der Waals surface area (Å²) in [7, 11) is 1.87. The van der Waals surface area contributed by atoms with Crippen LogP contribution in [0.4, 0.5) is 11.6 Å². The van der Waals surface area contributed by atoms with Crippen molar-refractivity contribution in [1.29, 1.82) is 0 Å². The largest absolute Gasteiger partial charge is 0.381 e. The van der Waals surface area contributed by atoms with Crippen LogP contribution in [-0.2, 0) is 4.74 Å². The van der Waals surface area contributed by atoms with Crippen LogP contribution in [0.1, 0.15) is 19.8 Å². The fourth-order valence-corrected chi connectivity index (χ4v) is 1.31. The predicted octanol–water partition coefficient (Wildman–Crippen LogP) is 2.35. The van der Waals surface area contributed by atoms with E-state index in [0.29, 0.717) is 0 Å². The van der Waals surface area contributed by atoms with Crippen molar-refractivity contribution in [1.82, 2.24) is 4.98 Å². The average molecular weight is 223 g/mol. The standard InChI is InChI=1S/C12H21N3O/c1-3-9-16-10-5-8-14-12-7-4-6-11(13-2)15-12/h4,6-7H,3,5,8-10H2,1-2H3,(H2,13,14,15). The fraction of sp³-hybridized carbons (Fsp3) is 0.583. The molecule has 0 amide bonds. The Morgan fingerprint density at radius 1 is 1.25 bits per heavy atom. The maximum Gasteiger partial charge on any atom is 0.128 e. The van der Waals surface area contributed by atoms with Crippen LogP contribution in [0.5, 0.6) is 0 Å². The predicted molar refractivity (Wildman–Crippen MR) is 68.0 cm³/mol. The van der Waals surface area contributed by atoms with Crippen molar-refractivity contribution in [2.24, 2.45) is 0 Å². The van der Waals surface area contributed by atoms with E-state index in [2.05, 4.69) is 22.5 Å². The van der Waals surface area contributed by atoms with E-state index in [-0.39, 0.29) is 0 Å². The van der Waals surface area contributed by atoms with Crippen LogP contribution >= 0.6 is 0 Å². The molecule has 0 aliphatic rings. The lowest BCUT2D eigenvalue weighted by Crippen LogP contribution is -2.07. The van der Waals surface area contributed by atoms with Crippen molar-refractivity contribution in [2.45, 2.75) is 19.8 Å². The molecule has 16 heavy (non-hydrogen) atoms. The van der Waals surface area contributed by atoms with Crippen LogP contribution in [0.15, 0.2) is 18.2 Å². The summed E-state index contributed by atoms with van der Waals surface area (Å²) in [4.78, 5) is 4.36. The van der Waals surface area contributed by atoms with Gasteiger partial charge in [0.05, 0.1) is 0 Å². The van der Waals surface area contributed by atoms with Crippen LogP contribution in [-0.4, -0.2) is 31.8 Å². The van der Waals surface area contributed by atoms with E-state index in [9.17, 15) is 0 Å². The Labute approximate surface area is 97.4 Å². The third kappa shape index (κ3) is 4.98. The van der Waals surface area contributed by atoms with Gasteiger partial charge in [-0.05, 0) is 25.0 Å². The minimum absolute atomic E-state index is 0.812. The second-order valence-corrected chi connectivity index (χ2v) is 3.55. The Balaban J connectivity index is 2.16. The Hall–Kier alpha value is -1.29. The number of anilines is 2. The van der Waals surface area contributed by atoms with Gasteiger partial charge in [-0.1, -0.05) is 13.0 Å². The summed E-state index contributed by atoms with van der Waals surface area (Å²) in [6, 6.07) is 5.89. The topological polar surface area (TPSA) is 46.2 Å². The van der Waals surface area contributed by atoms with Crippen LogP contribution in [0.2, 0.25) is 0 Å². The molecule has 0 aliphatic carbocycles. The van der Waals surface area contributed by atoms with Gasteiger partial charge in [-0.3, -0.25) is 0 Å². The summed E-state index contributed by atoms with van der Waals surface area (Å²) in [6.07, 6.45) is 2.09. The van der Waals surface area contributed by atoms with Gasteiger partial charge in [-0.2, -0.15) is 0 Å². The Morgan fingerprint density at radius 3 is 2.81 bits per heavy atom. The molecule has 0 radical (unpaired) electrons. The molecule has 1 aromatic heterocycles.